The Hall–Kier alpha value is -2.93. The fraction of sp³-hybridized carbons (Fsp3) is 0.133. The van der Waals surface area contributed by atoms with E-state index in [2.05, 4.69) is 5.48 Å². The number of aliphatic carboxylic acids is 1. The van der Waals surface area contributed by atoms with Crippen LogP contribution in [0.4, 0.5) is 5.69 Å². The fourth-order valence-electron chi connectivity index (χ4n) is 1.80. The lowest BCUT2D eigenvalue weighted by atomic mass is 10.1. The van der Waals surface area contributed by atoms with Crippen molar-refractivity contribution in [3.63, 3.8) is 0 Å². The SMILES string of the molecule is O=C(O)[C@@H](Cc1ccccc1)NOc1ccc([N+](=O)[O-])cc1. The number of hydrogen-bond acceptors (Lipinski definition) is 5. The Labute approximate surface area is 126 Å². The molecule has 0 amide bonds. The van der Waals surface area contributed by atoms with Crippen molar-refractivity contribution in [2.24, 2.45) is 0 Å². The van der Waals surface area contributed by atoms with E-state index in [4.69, 9.17) is 4.84 Å². The van der Waals surface area contributed by atoms with Gasteiger partial charge in [0.25, 0.3) is 5.69 Å². The van der Waals surface area contributed by atoms with Crippen molar-refractivity contribution in [1.82, 2.24) is 5.48 Å². The zero-order chi connectivity index (χ0) is 15.9. The molecule has 0 saturated heterocycles. The van der Waals surface area contributed by atoms with E-state index in [9.17, 15) is 20.0 Å². The van der Waals surface area contributed by atoms with Crippen LogP contribution in [-0.2, 0) is 11.2 Å². The van der Waals surface area contributed by atoms with Gasteiger partial charge in [-0.3, -0.25) is 14.9 Å². The van der Waals surface area contributed by atoms with Crippen molar-refractivity contribution >= 4 is 11.7 Å². The van der Waals surface area contributed by atoms with Crippen LogP contribution in [0.5, 0.6) is 5.75 Å². The second-order valence-corrected chi connectivity index (χ2v) is 4.55. The topological polar surface area (TPSA) is 102 Å². The summed E-state index contributed by atoms with van der Waals surface area (Å²) >= 11 is 0. The van der Waals surface area contributed by atoms with Crippen LogP contribution in [0.15, 0.2) is 54.6 Å². The summed E-state index contributed by atoms with van der Waals surface area (Å²) in [5.41, 5.74) is 3.26. The highest BCUT2D eigenvalue weighted by atomic mass is 16.7. The number of nitrogens with one attached hydrogen (secondary N) is 1. The smallest absolute Gasteiger partial charge is 0.324 e. The molecule has 22 heavy (non-hydrogen) atoms. The molecule has 0 aromatic heterocycles. The zero-order valence-electron chi connectivity index (χ0n) is 11.5. The molecule has 1 atom stereocenters. The Morgan fingerprint density at radius 1 is 1.18 bits per heavy atom. The number of carbonyl (C=O) groups is 1. The van der Waals surface area contributed by atoms with Gasteiger partial charge in [-0.25, -0.2) is 0 Å². The molecule has 0 aliphatic heterocycles. The predicted molar refractivity (Wildman–Crippen MR) is 78.4 cm³/mol. The fourth-order valence-corrected chi connectivity index (χ4v) is 1.80. The van der Waals surface area contributed by atoms with Gasteiger partial charge >= 0.3 is 5.97 Å². The maximum Gasteiger partial charge on any atom is 0.324 e. The summed E-state index contributed by atoms with van der Waals surface area (Å²) in [6.07, 6.45) is 0.253. The average molecular weight is 302 g/mol. The maximum absolute atomic E-state index is 11.2. The van der Waals surface area contributed by atoms with Crippen molar-refractivity contribution in [1.29, 1.82) is 0 Å². The molecule has 2 rings (SSSR count). The largest absolute Gasteiger partial charge is 0.480 e. The van der Waals surface area contributed by atoms with Crippen molar-refractivity contribution in [2.75, 3.05) is 0 Å². The van der Waals surface area contributed by atoms with Gasteiger partial charge < -0.3 is 9.94 Å². The van der Waals surface area contributed by atoms with E-state index in [0.29, 0.717) is 5.75 Å². The lowest BCUT2D eigenvalue weighted by molar-refractivity contribution is -0.384. The van der Waals surface area contributed by atoms with Gasteiger partial charge in [0.15, 0.2) is 0 Å². The van der Waals surface area contributed by atoms with Crippen LogP contribution in [0, 0.1) is 10.1 Å². The molecule has 0 aliphatic rings. The first-order valence-electron chi connectivity index (χ1n) is 6.50. The third kappa shape index (κ3) is 4.29. The van der Waals surface area contributed by atoms with Crippen molar-refractivity contribution < 1.29 is 19.7 Å². The first-order valence-corrected chi connectivity index (χ1v) is 6.50. The maximum atomic E-state index is 11.2. The van der Waals surface area contributed by atoms with E-state index in [1.807, 2.05) is 30.3 Å². The Balaban J connectivity index is 1.97. The van der Waals surface area contributed by atoms with Gasteiger partial charge in [0.05, 0.1) is 4.92 Å². The molecular weight excluding hydrogens is 288 g/mol. The molecule has 2 aromatic rings. The zero-order valence-corrected chi connectivity index (χ0v) is 11.5. The highest BCUT2D eigenvalue weighted by Crippen LogP contribution is 2.16. The van der Waals surface area contributed by atoms with Gasteiger partial charge in [0, 0.05) is 18.6 Å². The molecule has 114 valence electrons. The molecule has 0 heterocycles. The lowest BCUT2D eigenvalue weighted by Crippen LogP contribution is -2.40. The Morgan fingerprint density at radius 2 is 1.82 bits per heavy atom. The number of non-ortho nitro benzene ring substituents is 1. The van der Waals surface area contributed by atoms with Crippen molar-refractivity contribution in [3.8, 4) is 5.75 Å². The number of hydroxylamine groups is 1. The second kappa shape index (κ2) is 7.19. The van der Waals surface area contributed by atoms with Crippen LogP contribution in [0.2, 0.25) is 0 Å². The van der Waals surface area contributed by atoms with E-state index in [1.54, 1.807) is 0 Å². The Bertz CT molecular complexity index is 643. The molecule has 2 aromatic carbocycles. The summed E-state index contributed by atoms with van der Waals surface area (Å²) in [6.45, 7) is 0. The average Bonchev–Trinajstić information content (AvgIpc) is 2.52. The number of hydrogen-bond donors (Lipinski definition) is 2. The Kier molecular flexibility index (Phi) is 5.05. The number of nitro benzene ring substituents is 1. The quantitative estimate of drug-likeness (QED) is 0.600. The summed E-state index contributed by atoms with van der Waals surface area (Å²) in [5, 5.41) is 19.7. The van der Waals surface area contributed by atoms with Gasteiger partial charge in [0.1, 0.15) is 11.8 Å². The van der Waals surface area contributed by atoms with Crippen molar-refractivity contribution in [3.05, 3.63) is 70.3 Å². The molecule has 0 radical (unpaired) electrons. The van der Waals surface area contributed by atoms with Crippen LogP contribution < -0.4 is 10.3 Å². The highest BCUT2D eigenvalue weighted by molar-refractivity contribution is 5.73. The van der Waals surface area contributed by atoms with Gasteiger partial charge in [-0.1, -0.05) is 30.3 Å². The second-order valence-electron chi connectivity index (χ2n) is 4.55. The molecule has 7 heteroatoms. The van der Waals surface area contributed by atoms with E-state index in [1.165, 1.54) is 24.3 Å². The normalized spacial score (nSPS) is 11.6. The van der Waals surface area contributed by atoms with Crippen molar-refractivity contribution in [2.45, 2.75) is 12.5 Å². The highest BCUT2D eigenvalue weighted by Gasteiger charge is 2.18. The first-order chi connectivity index (χ1) is 10.6. The third-order valence-corrected chi connectivity index (χ3v) is 2.95. The lowest BCUT2D eigenvalue weighted by Gasteiger charge is -2.15. The van der Waals surface area contributed by atoms with Crippen LogP contribution in [0.3, 0.4) is 0 Å². The molecular formula is C15H14N2O5. The van der Waals surface area contributed by atoms with E-state index in [0.717, 1.165) is 5.56 Å². The number of nitro groups is 1. The molecule has 0 saturated carbocycles. The number of nitrogens with zero attached hydrogens (tertiary/aromatic N) is 1. The summed E-state index contributed by atoms with van der Waals surface area (Å²) < 4.78 is 0. The van der Waals surface area contributed by atoms with E-state index in [-0.39, 0.29) is 12.1 Å². The minimum absolute atomic E-state index is 0.0635. The molecule has 2 N–H and O–H groups in total. The molecule has 0 bridgehead atoms. The van der Waals surface area contributed by atoms with Gasteiger partial charge in [-0.2, -0.15) is 0 Å². The standard InChI is InChI=1S/C15H14N2O5/c18-15(19)14(10-11-4-2-1-3-5-11)16-22-13-8-6-12(7-9-13)17(20)21/h1-9,14,16H,10H2,(H,18,19)/t14-/m1/s1. The Morgan fingerprint density at radius 3 is 2.36 bits per heavy atom. The van der Waals surface area contributed by atoms with Crippen LogP contribution in [-0.4, -0.2) is 22.0 Å². The molecule has 0 unspecified atom stereocenters. The summed E-state index contributed by atoms with van der Waals surface area (Å²) in [7, 11) is 0. The number of rotatable bonds is 7. The number of carboxylic acid groups (broad SMARTS) is 1. The van der Waals surface area contributed by atoms with Gasteiger partial charge in [0.2, 0.25) is 0 Å². The van der Waals surface area contributed by atoms with Crippen LogP contribution in [0.1, 0.15) is 5.56 Å². The van der Waals surface area contributed by atoms with E-state index >= 15 is 0 Å². The van der Waals surface area contributed by atoms with Crippen LogP contribution >= 0.6 is 0 Å². The minimum atomic E-state index is -1.05. The molecule has 7 nitrogen and oxygen atoms in total. The third-order valence-electron chi connectivity index (χ3n) is 2.95. The van der Waals surface area contributed by atoms with E-state index < -0.39 is 16.9 Å². The van der Waals surface area contributed by atoms with Gasteiger partial charge in [-0.05, 0) is 17.7 Å². The van der Waals surface area contributed by atoms with Gasteiger partial charge in [-0.15, -0.1) is 5.48 Å². The number of benzene rings is 2. The minimum Gasteiger partial charge on any atom is -0.480 e. The summed E-state index contributed by atoms with van der Waals surface area (Å²) in [6, 6.07) is 13.6. The first kappa shape index (κ1) is 15.5. The molecule has 0 spiro atoms. The summed E-state index contributed by atoms with van der Waals surface area (Å²) in [5.74, 6) is -0.754. The van der Waals surface area contributed by atoms with Crippen LogP contribution in [0.25, 0.3) is 0 Å². The summed E-state index contributed by atoms with van der Waals surface area (Å²) in [4.78, 5) is 26.4. The predicted octanol–water partition coefficient (Wildman–Crippen LogP) is 2.17. The molecule has 0 aliphatic carbocycles. The number of carboxylic acids is 1. The molecule has 0 fully saturated rings. The monoisotopic (exact) mass is 302 g/mol.